The van der Waals surface area contributed by atoms with E-state index < -0.39 is 12.0 Å². The molecule has 0 saturated carbocycles. The van der Waals surface area contributed by atoms with Crippen LogP contribution in [0.1, 0.15) is 40.0 Å². The maximum absolute atomic E-state index is 12.2. The van der Waals surface area contributed by atoms with Gasteiger partial charge in [0.05, 0.1) is 6.04 Å². The highest BCUT2D eigenvalue weighted by molar-refractivity contribution is 5.82. The highest BCUT2D eigenvalue weighted by Crippen LogP contribution is 2.24. The van der Waals surface area contributed by atoms with Crippen molar-refractivity contribution in [2.75, 3.05) is 13.1 Å². The van der Waals surface area contributed by atoms with Crippen LogP contribution in [0.25, 0.3) is 0 Å². The number of rotatable bonds is 3. The number of hydrogen-bond donors (Lipinski definition) is 2. The van der Waals surface area contributed by atoms with Crippen LogP contribution in [0.15, 0.2) is 0 Å². The summed E-state index contributed by atoms with van der Waals surface area (Å²) >= 11 is 0. The van der Waals surface area contributed by atoms with Crippen LogP contribution in [0.5, 0.6) is 0 Å². The van der Waals surface area contributed by atoms with E-state index in [-0.39, 0.29) is 23.7 Å². The first-order chi connectivity index (χ1) is 8.21. The van der Waals surface area contributed by atoms with Crippen molar-refractivity contribution in [2.24, 2.45) is 17.1 Å². The Hall–Kier alpha value is -1.10. The highest BCUT2D eigenvalue weighted by atomic mass is 16.4. The third-order valence-electron chi connectivity index (χ3n) is 3.49. The van der Waals surface area contributed by atoms with Crippen molar-refractivity contribution in [2.45, 2.75) is 46.1 Å². The number of likely N-dealkylation sites (tertiary alicyclic amines) is 1. The molecule has 5 nitrogen and oxygen atoms in total. The molecule has 3 N–H and O–H groups in total. The summed E-state index contributed by atoms with van der Waals surface area (Å²) in [6, 6.07) is -0.527. The molecule has 1 saturated heterocycles. The van der Waals surface area contributed by atoms with Crippen molar-refractivity contribution in [1.29, 1.82) is 0 Å². The fourth-order valence-corrected chi connectivity index (χ4v) is 2.25. The molecule has 1 amide bonds. The van der Waals surface area contributed by atoms with E-state index in [1.165, 1.54) is 0 Å². The van der Waals surface area contributed by atoms with Gasteiger partial charge in [-0.3, -0.25) is 9.59 Å². The predicted molar refractivity (Wildman–Crippen MR) is 69.0 cm³/mol. The Morgan fingerprint density at radius 1 is 1.44 bits per heavy atom. The largest absolute Gasteiger partial charge is 0.481 e. The standard InChI is InChI=1S/C13H24N2O3/c1-13(2,3)11(14)12(18)15-6-4-5-9(8-15)7-10(16)17/h9,11H,4-8,14H2,1-3H3,(H,16,17)/t9?,11-/m0/s1. The Labute approximate surface area is 108 Å². The van der Waals surface area contributed by atoms with Gasteiger partial charge in [0.25, 0.3) is 0 Å². The third kappa shape index (κ3) is 3.98. The van der Waals surface area contributed by atoms with Gasteiger partial charge in [-0.25, -0.2) is 0 Å². The van der Waals surface area contributed by atoms with Gasteiger partial charge in [-0.05, 0) is 24.2 Å². The van der Waals surface area contributed by atoms with Crippen molar-refractivity contribution in [1.82, 2.24) is 4.90 Å². The first kappa shape index (κ1) is 15.0. The number of hydrogen-bond acceptors (Lipinski definition) is 3. The molecule has 0 aromatic rings. The topological polar surface area (TPSA) is 83.6 Å². The van der Waals surface area contributed by atoms with Crippen molar-refractivity contribution < 1.29 is 14.7 Å². The number of carboxylic acids is 1. The number of carbonyl (C=O) groups excluding carboxylic acids is 1. The van der Waals surface area contributed by atoms with Gasteiger partial charge in [-0.2, -0.15) is 0 Å². The van der Waals surface area contributed by atoms with Crippen LogP contribution in [0.4, 0.5) is 0 Å². The molecule has 0 spiro atoms. The molecule has 0 aromatic carbocycles. The molecule has 0 bridgehead atoms. The number of carboxylic acid groups (broad SMARTS) is 1. The van der Waals surface area contributed by atoms with Gasteiger partial charge in [0, 0.05) is 19.5 Å². The summed E-state index contributed by atoms with van der Waals surface area (Å²) in [5.74, 6) is -0.792. The Kier molecular flexibility index (Phi) is 4.73. The highest BCUT2D eigenvalue weighted by Gasteiger charge is 2.33. The van der Waals surface area contributed by atoms with Crippen LogP contribution in [0.2, 0.25) is 0 Å². The van der Waals surface area contributed by atoms with Crippen molar-refractivity contribution in [3.8, 4) is 0 Å². The normalized spacial score (nSPS) is 22.7. The first-order valence-corrected chi connectivity index (χ1v) is 6.48. The minimum atomic E-state index is -0.797. The van der Waals surface area contributed by atoms with Crippen LogP contribution in [-0.4, -0.2) is 41.0 Å². The molecular formula is C13H24N2O3. The Morgan fingerprint density at radius 3 is 2.56 bits per heavy atom. The van der Waals surface area contributed by atoms with Crippen LogP contribution in [-0.2, 0) is 9.59 Å². The fourth-order valence-electron chi connectivity index (χ4n) is 2.25. The average molecular weight is 256 g/mol. The summed E-state index contributed by atoms with van der Waals surface area (Å²) in [4.78, 5) is 24.7. The average Bonchev–Trinajstić information content (AvgIpc) is 2.25. The van der Waals surface area contributed by atoms with E-state index in [0.29, 0.717) is 13.1 Å². The van der Waals surface area contributed by atoms with Crippen LogP contribution >= 0.6 is 0 Å². The molecule has 5 heteroatoms. The molecule has 1 aliphatic heterocycles. The van der Waals surface area contributed by atoms with E-state index in [2.05, 4.69) is 0 Å². The lowest BCUT2D eigenvalue weighted by atomic mass is 9.85. The monoisotopic (exact) mass is 256 g/mol. The summed E-state index contributed by atoms with van der Waals surface area (Å²) in [5, 5.41) is 8.80. The zero-order chi connectivity index (χ0) is 13.9. The van der Waals surface area contributed by atoms with E-state index in [1.807, 2.05) is 20.8 Å². The van der Waals surface area contributed by atoms with E-state index in [9.17, 15) is 9.59 Å². The van der Waals surface area contributed by atoms with Crippen LogP contribution < -0.4 is 5.73 Å². The van der Waals surface area contributed by atoms with Crippen molar-refractivity contribution in [3.63, 3.8) is 0 Å². The first-order valence-electron chi connectivity index (χ1n) is 6.48. The van der Waals surface area contributed by atoms with Gasteiger partial charge < -0.3 is 15.7 Å². The SMILES string of the molecule is CC(C)(C)[C@@H](N)C(=O)N1CCCC(CC(=O)O)C1. The maximum atomic E-state index is 12.2. The molecule has 0 aromatic heterocycles. The summed E-state index contributed by atoms with van der Waals surface area (Å²) in [7, 11) is 0. The molecular weight excluding hydrogens is 232 g/mol. The number of piperidine rings is 1. The molecule has 1 aliphatic rings. The quantitative estimate of drug-likeness (QED) is 0.791. The third-order valence-corrected chi connectivity index (χ3v) is 3.49. The van der Waals surface area contributed by atoms with Gasteiger partial charge in [0.1, 0.15) is 0 Å². The molecule has 1 heterocycles. The second kappa shape index (κ2) is 5.69. The lowest BCUT2D eigenvalue weighted by molar-refractivity contribution is -0.142. The molecule has 1 rings (SSSR count). The Balaban J connectivity index is 2.61. The van der Waals surface area contributed by atoms with Gasteiger partial charge in [-0.1, -0.05) is 20.8 Å². The number of amides is 1. The van der Waals surface area contributed by atoms with Gasteiger partial charge in [-0.15, -0.1) is 0 Å². The van der Waals surface area contributed by atoms with E-state index >= 15 is 0 Å². The summed E-state index contributed by atoms with van der Waals surface area (Å²) in [6.07, 6.45) is 1.87. The van der Waals surface area contributed by atoms with Crippen LogP contribution in [0.3, 0.4) is 0 Å². The second-order valence-corrected chi connectivity index (χ2v) is 6.23. The number of carbonyl (C=O) groups is 2. The summed E-state index contributed by atoms with van der Waals surface area (Å²) in [5.41, 5.74) is 5.70. The van der Waals surface area contributed by atoms with Crippen molar-refractivity contribution in [3.05, 3.63) is 0 Å². The molecule has 0 radical (unpaired) electrons. The zero-order valence-corrected chi connectivity index (χ0v) is 11.5. The fraction of sp³-hybridized carbons (Fsp3) is 0.846. The molecule has 0 aliphatic carbocycles. The molecule has 18 heavy (non-hydrogen) atoms. The smallest absolute Gasteiger partial charge is 0.303 e. The molecule has 2 atom stereocenters. The summed E-state index contributed by atoms with van der Waals surface area (Å²) in [6.45, 7) is 7.03. The van der Waals surface area contributed by atoms with E-state index in [0.717, 1.165) is 12.8 Å². The lowest BCUT2D eigenvalue weighted by Gasteiger charge is -2.36. The maximum Gasteiger partial charge on any atom is 0.303 e. The summed E-state index contributed by atoms with van der Waals surface area (Å²) < 4.78 is 0. The Morgan fingerprint density at radius 2 is 2.06 bits per heavy atom. The number of nitrogens with two attached hydrogens (primary N) is 1. The minimum Gasteiger partial charge on any atom is -0.481 e. The number of aliphatic carboxylic acids is 1. The van der Waals surface area contributed by atoms with E-state index in [1.54, 1.807) is 4.90 Å². The second-order valence-electron chi connectivity index (χ2n) is 6.23. The van der Waals surface area contributed by atoms with Gasteiger partial charge >= 0.3 is 5.97 Å². The zero-order valence-electron chi connectivity index (χ0n) is 11.5. The Bertz CT molecular complexity index is 323. The van der Waals surface area contributed by atoms with Gasteiger partial charge in [0.15, 0.2) is 0 Å². The predicted octanol–water partition coefficient (Wildman–Crippen LogP) is 1.07. The van der Waals surface area contributed by atoms with Gasteiger partial charge in [0.2, 0.25) is 5.91 Å². The minimum absolute atomic E-state index is 0.0578. The lowest BCUT2D eigenvalue weighted by Crippen LogP contribution is -2.53. The molecule has 1 fully saturated rings. The van der Waals surface area contributed by atoms with Crippen molar-refractivity contribution >= 4 is 11.9 Å². The molecule has 1 unspecified atom stereocenters. The molecule has 104 valence electrons. The van der Waals surface area contributed by atoms with E-state index in [4.69, 9.17) is 10.8 Å². The number of nitrogens with zero attached hydrogens (tertiary/aromatic N) is 1. The van der Waals surface area contributed by atoms with Crippen LogP contribution in [0, 0.1) is 11.3 Å².